The monoisotopic (exact) mass is 462 g/mol. The number of hydrogen-bond acceptors (Lipinski definition) is 5. The van der Waals surface area contributed by atoms with Gasteiger partial charge in [0.2, 0.25) is 5.28 Å². The fourth-order valence-electron chi connectivity index (χ4n) is 3.29. The van der Waals surface area contributed by atoms with Crippen molar-refractivity contribution < 1.29 is 13.9 Å². The predicted molar refractivity (Wildman–Crippen MR) is 123 cm³/mol. The van der Waals surface area contributed by atoms with Crippen molar-refractivity contribution in [2.24, 2.45) is 0 Å². The quantitative estimate of drug-likeness (QED) is 0.419. The van der Waals surface area contributed by atoms with Crippen LogP contribution in [0.4, 0.5) is 4.39 Å². The van der Waals surface area contributed by atoms with Crippen LogP contribution in [0.1, 0.15) is 28.5 Å². The molecule has 0 saturated heterocycles. The summed E-state index contributed by atoms with van der Waals surface area (Å²) in [5.74, 6) is 0.0938. The molecule has 8 heteroatoms. The van der Waals surface area contributed by atoms with E-state index in [9.17, 15) is 9.18 Å². The molecular weight excluding hydrogens is 443 g/mol. The molecule has 0 aliphatic carbocycles. The molecule has 0 spiro atoms. The molecule has 0 bridgehead atoms. The molecule has 33 heavy (non-hydrogen) atoms. The molecule has 1 unspecified atom stereocenters. The second-order valence-corrected chi connectivity index (χ2v) is 7.50. The summed E-state index contributed by atoms with van der Waals surface area (Å²) in [5.41, 5.74) is 3.23. The van der Waals surface area contributed by atoms with Crippen LogP contribution in [-0.4, -0.2) is 27.5 Å². The van der Waals surface area contributed by atoms with E-state index in [1.165, 1.54) is 24.3 Å². The van der Waals surface area contributed by atoms with Gasteiger partial charge in [0.25, 0.3) is 5.91 Å². The van der Waals surface area contributed by atoms with Gasteiger partial charge >= 0.3 is 0 Å². The molecule has 5 rings (SSSR count). The first-order chi connectivity index (χ1) is 16.1. The topological polar surface area (TPSA) is 77.0 Å². The maximum atomic E-state index is 12.8. The average Bonchev–Trinajstić information content (AvgIpc) is 2.86. The summed E-state index contributed by atoms with van der Waals surface area (Å²) in [7, 11) is 0. The summed E-state index contributed by atoms with van der Waals surface area (Å²) < 4.78 is 18.3. The number of carbonyl (C=O) groups excluding carboxylic acids is 1. The molecule has 2 aromatic heterocycles. The van der Waals surface area contributed by atoms with Crippen LogP contribution < -0.4 is 10.1 Å². The standard InChI is InChI=1S/C15H13FN2O2.C10H7ClN2/c16-11-5-3-10(4-6-11)15(19)18-12-7-9-20-13-2-1-8-17-14(12)13;11-10-12-6-9(7-13-10)8-4-2-1-3-5-8/h1-6,8,12H,7,9H2,(H,18,19);1-7H. The summed E-state index contributed by atoms with van der Waals surface area (Å²) in [6.45, 7) is 0.535. The minimum absolute atomic E-state index is 0.183. The Morgan fingerprint density at radius 2 is 1.67 bits per heavy atom. The molecule has 4 aromatic rings. The third-order valence-corrected chi connectivity index (χ3v) is 5.13. The van der Waals surface area contributed by atoms with Gasteiger partial charge in [-0.25, -0.2) is 14.4 Å². The molecule has 0 fully saturated rings. The molecule has 1 aliphatic heterocycles. The summed E-state index contributed by atoms with van der Waals surface area (Å²) in [4.78, 5) is 24.2. The van der Waals surface area contributed by atoms with Gasteiger partial charge in [-0.15, -0.1) is 0 Å². The summed E-state index contributed by atoms with van der Waals surface area (Å²) in [6.07, 6.45) is 5.76. The predicted octanol–water partition coefficient (Wildman–Crippen LogP) is 5.27. The van der Waals surface area contributed by atoms with E-state index in [4.69, 9.17) is 16.3 Å². The highest BCUT2D eigenvalue weighted by atomic mass is 35.5. The van der Waals surface area contributed by atoms with Crippen molar-refractivity contribution in [3.05, 3.63) is 108 Å². The Hall–Kier alpha value is -3.84. The summed E-state index contributed by atoms with van der Waals surface area (Å²) >= 11 is 5.58. The van der Waals surface area contributed by atoms with Gasteiger partial charge in [-0.2, -0.15) is 0 Å². The van der Waals surface area contributed by atoms with Crippen molar-refractivity contribution in [2.75, 3.05) is 6.61 Å². The number of benzene rings is 2. The van der Waals surface area contributed by atoms with E-state index in [1.807, 2.05) is 36.4 Å². The molecule has 1 atom stereocenters. The normalized spacial score (nSPS) is 14.2. The van der Waals surface area contributed by atoms with Crippen molar-refractivity contribution in [2.45, 2.75) is 12.5 Å². The third kappa shape index (κ3) is 5.90. The second kappa shape index (κ2) is 10.7. The van der Waals surface area contributed by atoms with Gasteiger partial charge in [0, 0.05) is 36.1 Å². The van der Waals surface area contributed by atoms with E-state index in [1.54, 1.807) is 24.7 Å². The highest BCUT2D eigenvalue weighted by Gasteiger charge is 2.24. The Balaban J connectivity index is 0.000000172. The molecule has 2 aromatic carbocycles. The molecule has 3 heterocycles. The fraction of sp³-hybridized carbons (Fsp3) is 0.120. The van der Waals surface area contributed by atoms with Gasteiger partial charge < -0.3 is 10.1 Å². The summed E-state index contributed by atoms with van der Waals surface area (Å²) in [6, 6.07) is 18.8. The Morgan fingerprint density at radius 1 is 0.939 bits per heavy atom. The number of nitrogens with zero attached hydrogens (tertiary/aromatic N) is 3. The van der Waals surface area contributed by atoms with E-state index in [0.29, 0.717) is 24.3 Å². The number of carbonyl (C=O) groups is 1. The van der Waals surface area contributed by atoms with Crippen LogP contribution in [0.3, 0.4) is 0 Å². The van der Waals surface area contributed by atoms with Crippen molar-refractivity contribution in [3.8, 4) is 16.9 Å². The Bertz CT molecular complexity index is 1210. The van der Waals surface area contributed by atoms with Crippen LogP contribution in [0.15, 0.2) is 85.3 Å². The molecule has 1 aliphatic rings. The smallest absolute Gasteiger partial charge is 0.251 e. The van der Waals surface area contributed by atoms with E-state index in [2.05, 4.69) is 20.3 Å². The first-order valence-electron chi connectivity index (χ1n) is 10.3. The number of aromatic nitrogens is 3. The zero-order valence-electron chi connectivity index (χ0n) is 17.5. The molecule has 6 nitrogen and oxygen atoms in total. The second-order valence-electron chi connectivity index (χ2n) is 7.16. The third-order valence-electron chi connectivity index (χ3n) is 4.93. The van der Waals surface area contributed by atoms with Crippen molar-refractivity contribution >= 4 is 17.5 Å². The van der Waals surface area contributed by atoms with Crippen LogP contribution in [0.2, 0.25) is 5.28 Å². The van der Waals surface area contributed by atoms with Gasteiger partial charge in [0.1, 0.15) is 17.3 Å². The maximum absolute atomic E-state index is 12.8. The van der Waals surface area contributed by atoms with E-state index in [0.717, 1.165) is 16.8 Å². The van der Waals surface area contributed by atoms with Gasteiger partial charge in [-0.3, -0.25) is 9.78 Å². The molecule has 0 radical (unpaired) electrons. The van der Waals surface area contributed by atoms with E-state index >= 15 is 0 Å². The lowest BCUT2D eigenvalue weighted by molar-refractivity contribution is 0.0923. The molecular formula is C25H20ClFN4O2. The maximum Gasteiger partial charge on any atom is 0.251 e. The van der Waals surface area contributed by atoms with Gasteiger partial charge in [0.05, 0.1) is 12.6 Å². The van der Waals surface area contributed by atoms with Crippen molar-refractivity contribution in [1.29, 1.82) is 0 Å². The van der Waals surface area contributed by atoms with E-state index in [-0.39, 0.29) is 23.0 Å². The highest BCUT2D eigenvalue weighted by Crippen LogP contribution is 2.29. The van der Waals surface area contributed by atoms with Crippen LogP contribution in [0, 0.1) is 5.82 Å². The molecule has 1 amide bonds. The minimum Gasteiger partial charge on any atom is -0.491 e. The largest absolute Gasteiger partial charge is 0.491 e. The number of halogens is 2. The van der Waals surface area contributed by atoms with Crippen molar-refractivity contribution in [3.63, 3.8) is 0 Å². The first-order valence-corrected chi connectivity index (χ1v) is 10.6. The summed E-state index contributed by atoms with van der Waals surface area (Å²) in [5, 5.41) is 3.18. The fourth-order valence-corrected chi connectivity index (χ4v) is 3.38. The zero-order valence-corrected chi connectivity index (χ0v) is 18.2. The highest BCUT2D eigenvalue weighted by molar-refractivity contribution is 6.28. The Morgan fingerprint density at radius 3 is 2.39 bits per heavy atom. The number of nitrogens with one attached hydrogen (secondary N) is 1. The number of pyridine rings is 1. The first kappa shape index (κ1) is 22.4. The van der Waals surface area contributed by atoms with Gasteiger partial charge in [-0.05, 0) is 53.6 Å². The lowest BCUT2D eigenvalue weighted by Gasteiger charge is -2.25. The van der Waals surface area contributed by atoms with Crippen LogP contribution >= 0.6 is 11.6 Å². The molecule has 0 saturated carbocycles. The lowest BCUT2D eigenvalue weighted by Crippen LogP contribution is -2.32. The minimum atomic E-state index is -0.361. The number of ether oxygens (including phenoxy) is 1. The Kier molecular flexibility index (Phi) is 7.22. The number of fused-ring (bicyclic) bond motifs is 1. The van der Waals surface area contributed by atoms with Crippen LogP contribution in [-0.2, 0) is 0 Å². The Labute approximate surface area is 195 Å². The van der Waals surface area contributed by atoms with Gasteiger partial charge in [-0.1, -0.05) is 30.3 Å². The molecule has 1 N–H and O–H groups in total. The molecule has 166 valence electrons. The number of hydrogen-bond donors (Lipinski definition) is 1. The van der Waals surface area contributed by atoms with Crippen molar-refractivity contribution in [1.82, 2.24) is 20.3 Å². The average molecular weight is 463 g/mol. The van der Waals surface area contributed by atoms with E-state index < -0.39 is 0 Å². The zero-order chi connectivity index (χ0) is 23.0. The van der Waals surface area contributed by atoms with Crippen LogP contribution in [0.25, 0.3) is 11.1 Å². The van der Waals surface area contributed by atoms with Crippen LogP contribution in [0.5, 0.6) is 5.75 Å². The number of rotatable bonds is 3. The van der Waals surface area contributed by atoms with Gasteiger partial charge in [0.15, 0.2) is 0 Å². The SMILES string of the molecule is Clc1ncc(-c2ccccc2)cn1.O=C(NC1CCOc2cccnc21)c1ccc(F)cc1. The lowest BCUT2D eigenvalue weighted by atomic mass is 10.1. The number of amides is 1.